The average Bonchev–Trinajstić information content (AvgIpc) is 3.01. The van der Waals surface area contributed by atoms with Gasteiger partial charge < -0.3 is 10.3 Å². The Morgan fingerprint density at radius 2 is 2.32 bits per heavy atom. The molecule has 0 saturated carbocycles. The van der Waals surface area contributed by atoms with Crippen LogP contribution < -0.4 is 5.32 Å². The molecule has 1 saturated heterocycles. The van der Waals surface area contributed by atoms with Crippen molar-refractivity contribution < 1.29 is 4.39 Å². The first-order chi connectivity index (χ1) is 9.22. The van der Waals surface area contributed by atoms with Gasteiger partial charge in [0.2, 0.25) is 0 Å². The van der Waals surface area contributed by atoms with Gasteiger partial charge in [0.1, 0.15) is 17.3 Å². The maximum atomic E-state index is 12.9. The average molecular weight is 260 g/mol. The van der Waals surface area contributed by atoms with Crippen LogP contribution in [0.4, 0.5) is 4.39 Å². The first-order valence-corrected chi connectivity index (χ1v) is 6.60. The van der Waals surface area contributed by atoms with Gasteiger partial charge in [0.25, 0.3) is 0 Å². The summed E-state index contributed by atoms with van der Waals surface area (Å²) in [6.45, 7) is 4.13. The van der Waals surface area contributed by atoms with Gasteiger partial charge >= 0.3 is 0 Å². The predicted molar refractivity (Wildman–Crippen MR) is 71.2 cm³/mol. The smallest absolute Gasteiger partial charge is 0.141 e. The molecular weight excluding hydrogens is 243 g/mol. The summed E-state index contributed by atoms with van der Waals surface area (Å²) in [5, 5.41) is 3.36. The molecule has 100 valence electrons. The van der Waals surface area contributed by atoms with Crippen LogP contribution in [-0.4, -0.2) is 28.0 Å². The fourth-order valence-corrected chi connectivity index (χ4v) is 2.55. The van der Waals surface area contributed by atoms with E-state index in [1.54, 1.807) is 6.07 Å². The first kappa shape index (κ1) is 12.3. The lowest BCUT2D eigenvalue weighted by Gasteiger charge is -2.04. The Bertz CT molecular complexity index is 555. The second-order valence-corrected chi connectivity index (χ2v) is 5.08. The number of H-pyrrole nitrogens is 1. The van der Waals surface area contributed by atoms with Gasteiger partial charge in [-0.25, -0.2) is 9.37 Å². The molecule has 5 heteroatoms. The molecule has 1 aliphatic rings. The van der Waals surface area contributed by atoms with Crippen molar-refractivity contribution in [1.29, 1.82) is 0 Å². The molecule has 1 unspecified atom stereocenters. The van der Waals surface area contributed by atoms with Crippen LogP contribution in [0.1, 0.15) is 17.9 Å². The van der Waals surface area contributed by atoms with Crippen LogP contribution in [0, 0.1) is 18.7 Å². The van der Waals surface area contributed by atoms with E-state index in [2.05, 4.69) is 20.3 Å². The number of pyridine rings is 1. The van der Waals surface area contributed by atoms with E-state index in [0.717, 1.165) is 36.7 Å². The maximum absolute atomic E-state index is 12.9. The quantitative estimate of drug-likeness (QED) is 0.888. The van der Waals surface area contributed by atoms with Gasteiger partial charge in [-0.1, -0.05) is 0 Å². The number of rotatable bonds is 3. The molecule has 1 fully saturated rings. The Kier molecular flexibility index (Phi) is 3.29. The highest BCUT2D eigenvalue weighted by atomic mass is 19.1. The predicted octanol–water partition coefficient (Wildman–Crippen LogP) is 2.07. The van der Waals surface area contributed by atoms with E-state index in [4.69, 9.17) is 0 Å². The minimum absolute atomic E-state index is 0.325. The molecule has 2 N–H and O–H groups in total. The minimum atomic E-state index is -0.325. The second kappa shape index (κ2) is 5.09. The highest BCUT2D eigenvalue weighted by molar-refractivity contribution is 5.56. The molecule has 0 aliphatic carbocycles. The number of nitrogens with one attached hydrogen (secondary N) is 2. The van der Waals surface area contributed by atoms with Crippen LogP contribution in [0.25, 0.3) is 11.4 Å². The number of imidazole rings is 1. The monoisotopic (exact) mass is 260 g/mol. The van der Waals surface area contributed by atoms with Crippen molar-refractivity contribution in [3.8, 4) is 11.4 Å². The zero-order valence-corrected chi connectivity index (χ0v) is 10.9. The summed E-state index contributed by atoms with van der Waals surface area (Å²) < 4.78 is 12.9. The van der Waals surface area contributed by atoms with Gasteiger partial charge in [-0.15, -0.1) is 0 Å². The number of aromatic nitrogens is 3. The largest absolute Gasteiger partial charge is 0.346 e. The van der Waals surface area contributed by atoms with Crippen LogP contribution in [0.15, 0.2) is 18.3 Å². The number of nitrogens with zero attached hydrogens (tertiary/aromatic N) is 2. The van der Waals surface area contributed by atoms with Crippen molar-refractivity contribution in [2.24, 2.45) is 5.92 Å². The first-order valence-electron chi connectivity index (χ1n) is 6.60. The van der Waals surface area contributed by atoms with Gasteiger partial charge in [-0.05, 0) is 44.5 Å². The van der Waals surface area contributed by atoms with E-state index in [0.29, 0.717) is 11.6 Å². The van der Waals surface area contributed by atoms with E-state index >= 15 is 0 Å². The fourth-order valence-electron chi connectivity index (χ4n) is 2.55. The lowest BCUT2D eigenvalue weighted by molar-refractivity contribution is 0.564. The van der Waals surface area contributed by atoms with Crippen molar-refractivity contribution >= 4 is 0 Å². The Balaban J connectivity index is 1.82. The Hall–Kier alpha value is -1.75. The van der Waals surface area contributed by atoms with Crippen LogP contribution in [-0.2, 0) is 6.42 Å². The molecule has 0 radical (unpaired) electrons. The maximum Gasteiger partial charge on any atom is 0.141 e. The van der Waals surface area contributed by atoms with E-state index in [1.165, 1.54) is 18.7 Å². The minimum Gasteiger partial charge on any atom is -0.346 e. The van der Waals surface area contributed by atoms with Crippen molar-refractivity contribution in [1.82, 2.24) is 20.3 Å². The molecule has 0 amide bonds. The van der Waals surface area contributed by atoms with Gasteiger partial charge in [0, 0.05) is 12.1 Å². The lowest BCUT2D eigenvalue weighted by Crippen LogP contribution is -2.11. The molecule has 0 bridgehead atoms. The number of hydrogen-bond acceptors (Lipinski definition) is 3. The van der Waals surface area contributed by atoms with Crippen molar-refractivity contribution in [3.05, 3.63) is 35.7 Å². The van der Waals surface area contributed by atoms with Gasteiger partial charge in [0.15, 0.2) is 0 Å². The summed E-state index contributed by atoms with van der Waals surface area (Å²) in [5.74, 6) is 1.32. The highest BCUT2D eigenvalue weighted by Crippen LogP contribution is 2.21. The Morgan fingerprint density at radius 3 is 3.00 bits per heavy atom. The van der Waals surface area contributed by atoms with Crippen molar-refractivity contribution in [2.45, 2.75) is 19.8 Å². The lowest BCUT2D eigenvalue weighted by atomic mass is 10.1. The van der Waals surface area contributed by atoms with Crippen LogP contribution >= 0.6 is 0 Å². The summed E-state index contributed by atoms with van der Waals surface area (Å²) in [7, 11) is 0. The molecule has 19 heavy (non-hydrogen) atoms. The third-order valence-corrected chi connectivity index (χ3v) is 3.55. The molecule has 0 spiro atoms. The van der Waals surface area contributed by atoms with Crippen LogP contribution in [0.2, 0.25) is 0 Å². The summed E-state index contributed by atoms with van der Waals surface area (Å²) in [5.41, 5.74) is 2.52. The Labute approximate surface area is 111 Å². The molecule has 2 aromatic rings. The molecule has 3 rings (SSSR count). The highest BCUT2D eigenvalue weighted by Gasteiger charge is 2.18. The topological polar surface area (TPSA) is 53.6 Å². The normalized spacial score (nSPS) is 18.9. The molecule has 2 aromatic heterocycles. The van der Waals surface area contributed by atoms with Crippen molar-refractivity contribution in [3.63, 3.8) is 0 Å². The number of aryl methyl sites for hydroxylation is 1. The zero-order valence-electron chi connectivity index (χ0n) is 10.9. The van der Waals surface area contributed by atoms with Crippen molar-refractivity contribution in [2.75, 3.05) is 13.1 Å². The zero-order chi connectivity index (χ0) is 13.2. The Morgan fingerprint density at radius 1 is 1.42 bits per heavy atom. The van der Waals surface area contributed by atoms with Gasteiger partial charge in [0.05, 0.1) is 11.9 Å². The molecule has 3 heterocycles. The number of aromatic amines is 1. The van der Waals surface area contributed by atoms with Crippen LogP contribution in [0.3, 0.4) is 0 Å². The molecular formula is C14H17FN4. The number of hydrogen-bond donors (Lipinski definition) is 2. The summed E-state index contributed by atoms with van der Waals surface area (Å²) in [6, 6.07) is 3.08. The summed E-state index contributed by atoms with van der Waals surface area (Å²) in [4.78, 5) is 12.0. The fraction of sp³-hybridized carbons (Fsp3) is 0.429. The summed E-state index contributed by atoms with van der Waals surface area (Å²) in [6.07, 6.45) is 3.38. The third-order valence-electron chi connectivity index (χ3n) is 3.55. The molecule has 1 aliphatic heterocycles. The van der Waals surface area contributed by atoms with E-state index in [9.17, 15) is 4.39 Å². The van der Waals surface area contributed by atoms with E-state index < -0.39 is 0 Å². The standard InChI is InChI=1S/C14H17FN4/c1-9-14(12-3-2-11(15)8-17-12)19-13(18-9)6-10-4-5-16-7-10/h2-3,8,10,16H,4-7H2,1H3,(H,18,19). The summed E-state index contributed by atoms with van der Waals surface area (Å²) >= 11 is 0. The molecule has 4 nitrogen and oxygen atoms in total. The van der Waals surface area contributed by atoms with E-state index in [1.807, 2.05) is 6.92 Å². The third kappa shape index (κ3) is 2.66. The van der Waals surface area contributed by atoms with Crippen LogP contribution in [0.5, 0.6) is 0 Å². The molecule has 0 aromatic carbocycles. The SMILES string of the molecule is Cc1[nH]c(CC2CCNC2)nc1-c1ccc(F)cn1. The van der Waals surface area contributed by atoms with E-state index in [-0.39, 0.29) is 5.82 Å². The van der Waals surface area contributed by atoms with Gasteiger partial charge in [-0.3, -0.25) is 4.98 Å². The molecule has 1 atom stereocenters. The second-order valence-electron chi connectivity index (χ2n) is 5.08. The number of halogens is 1. The van der Waals surface area contributed by atoms with Gasteiger partial charge in [-0.2, -0.15) is 0 Å².